The molecule has 2 aliphatic carbocycles. The zero-order valence-electron chi connectivity index (χ0n) is 13.6. The highest BCUT2D eigenvalue weighted by Crippen LogP contribution is 2.46. The lowest BCUT2D eigenvalue weighted by atomic mass is 9.89. The van der Waals surface area contributed by atoms with E-state index in [-0.39, 0.29) is 17.8 Å². The maximum atomic E-state index is 12.5. The van der Waals surface area contributed by atoms with E-state index >= 15 is 0 Å². The molecule has 1 amide bonds. The molecular formula is C19H19NO3S. The highest BCUT2D eigenvalue weighted by Gasteiger charge is 2.33. The fourth-order valence-corrected chi connectivity index (χ4v) is 4.51. The van der Waals surface area contributed by atoms with Gasteiger partial charge in [-0.2, -0.15) is 0 Å². The molecule has 0 unspecified atom stereocenters. The summed E-state index contributed by atoms with van der Waals surface area (Å²) in [6.07, 6.45) is 3.58. The fraction of sp³-hybridized carbons (Fsp3) is 0.368. The fourth-order valence-electron chi connectivity index (χ4n) is 3.21. The van der Waals surface area contributed by atoms with Gasteiger partial charge in [-0.25, -0.2) is 4.79 Å². The Labute approximate surface area is 144 Å². The van der Waals surface area contributed by atoms with Crippen molar-refractivity contribution in [2.75, 3.05) is 11.9 Å². The van der Waals surface area contributed by atoms with Crippen LogP contribution in [0.15, 0.2) is 24.3 Å². The van der Waals surface area contributed by atoms with Gasteiger partial charge in [0.15, 0.2) is 0 Å². The van der Waals surface area contributed by atoms with Gasteiger partial charge in [0.25, 0.3) is 0 Å². The number of benzene rings is 1. The summed E-state index contributed by atoms with van der Waals surface area (Å²) in [5.74, 6) is -0.209. The summed E-state index contributed by atoms with van der Waals surface area (Å²) in [4.78, 5) is 25.8. The second-order valence-corrected chi connectivity index (χ2v) is 7.28. The summed E-state index contributed by atoms with van der Waals surface area (Å²) in [7, 11) is 0. The maximum absolute atomic E-state index is 12.5. The van der Waals surface area contributed by atoms with E-state index in [1.807, 2.05) is 12.1 Å². The molecule has 124 valence electrons. The smallest absolute Gasteiger partial charge is 0.341 e. The summed E-state index contributed by atoms with van der Waals surface area (Å²) in [6, 6.07) is 8.27. The number of carbonyl (C=O) groups is 2. The molecule has 0 atom stereocenters. The number of thiophene rings is 1. The quantitative estimate of drug-likeness (QED) is 0.854. The molecule has 2 aliphatic rings. The molecule has 1 fully saturated rings. The van der Waals surface area contributed by atoms with Gasteiger partial charge in [0, 0.05) is 10.8 Å². The van der Waals surface area contributed by atoms with Gasteiger partial charge in [0.05, 0.1) is 12.2 Å². The van der Waals surface area contributed by atoms with Gasteiger partial charge in [-0.15, -0.1) is 11.3 Å². The molecule has 0 spiro atoms. The molecule has 24 heavy (non-hydrogen) atoms. The van der Waals surface area contributed by atoms with E-state index in [1.54, 1.807) is 6.92 Å². The lowest BCUT2D eigenvalue weighted by Crippen LogP contribution is -2.16. The van der Waals surface area contributed by atoms with E-state index in [1.165, 1.54) is 22.5 Å². The van der Waals surface area contributed by atoms with Crippen molar-refractivity contribution < 1.29 is 14.3 Å². The number of carbonyl (C=O) groups excluding carboxylic acids is 2. The third-order valence-electron chi connectivity index (χ3n) is 4.58. The SMILES string of the molecule is CCOC(=O)c1c(NC(=O)C2CC2)sc2c1CCc1ccccc1-2. The summed E-state index contributed by atoms with van der Waals surface area (Å²) >= 11 is 1.50. The van der Waals surface area contributed by atoms with Crippen LogP contribution < -0.4 is 5.32 Å². The number of anilines is 1. The predicted octanol–water partition coefficient (Wildman–Crippen LogP) is 4.04. The Morgan fingerprint density at radius 3 is 2.79 bits per heavy atom. The van der Waals surface area contributed by atoms with Crippen molar-refractivity contribution in [2.24, 2.45) is 5.92 Å². The van der Waals surface area contributed by atoms with Gasteiger partial charge in [-0.05, 0) is 49.3 Å². The molecule has 0 saturated heterocycles. The number of rotatable bonds is 4. The normalized spacial score (nSPS) is 15.4. The number of hydrogen-bond donors (Lipinski definition) is 1. The number of aryl methyl sites for hydroxylation is 1. The van der Waals surface area contributed by atoms with Crippen molar-refractivity contribution >= 4 is 28.2 Å². The molecule has 0 radical (unpaired) electrons. The first-order chi connectivity index (χ1) is 11.7. The van der Waals surface area contributed by atoms with Crippen LogP contribution in [-0.2, 0) is 22.4 Å². The van der Waals surface area contributed by atoms with E-state index in [9.17, 15) is 9.59 Å². The number of nitrogens with one attached hydrogen (secondary N) is 1. The topological polar surface area (TPSA) is 55.4 Å². The van der Waals surface area contributed by atoms with Gasteiger partial charge < -0.3 is 10.1 Å². The van der Waals surface area contributed by atoms with Crippen molar-refractivity contribution in [2.45, 2.75) is 32.6 Å². The van der Waals surface area contributed by atoms with E-state index in [0.29, 0.717) is 17.2 Å². The number of esters is 1. The van der Waals surface area contributed by atoms with Crippen LogP contribution in [0.1, 0.15) is 41.3 Å². The molecule has 0 bridgehead atoms. The molecule has 1 aromatic heterocycles. The van der Waals surface area contributed by atoms with E-state index in [0.717, 1.165) is 36.1 Å². The van der Waals surface area contributed by atoms with Gasteiger partial charge in [0.1, 0.15) is 5.00 Å². The highest BCUT2D eigenvalue weighted by molar-refractivity contribution is 7.20. The van der Waals surface area contributed by atoms with Crippen LogP contribution in [-0.4, -0.2) is 18.5 Å². The Morgan fingerprint density at radius 1 is 1.25 bits per heavy atom. The van der Waals surface area contributed by atoms with Crippen molar-refractivity contribution in [3.05, 3.63) is 41.0 Å². The second-order valence-electron chi connectivity index (χ2n) is 6.26. The monoisotopic (exact) mass is 341 g/mol. The molecule has 1 N–H and O–H groups in total. The van der Waals surface area contributed by atoms with Crippen molar-refractivity contribution in [3.63, 3.8) is 0 Å². The van der Waals surface area contributed by atoms with Gasteiger partial charge in [-0.1, -0.05) is 24.3 Å². The zero-order chi connectivity index (χ0) is 16.7. The maximum Gasteiger partial charge on any atom is 0.341 e. The van der Waals surface area contributed by atoms with Crippen molar-refractivity contribution in [3.8, 4) is 10.4 Å². The third-order valence-corrected chi connectivity index (χ3v) is 5.76. The Morgan fingerprint density at radius 2 is 2.04 bits per heavy atom. The standard InChI is InChI=1S/C19H19NO3S/c1-2-23-19(22)15-14-10-9-11-5-3-4-6-13(11)16(14)24-18(15)20-17(21)12-7-8-12/h3-6,12H,2,7-10H2,1H3,(H,20,21). The Bertz CT molecular complexity index is 820. The largest absolute Gasteiger partial charge is 0.462 e. The molecule has 1 heterocycles. The van der Waals surface area contributed by atoms with Gasteiger partial charge in [-0.3, -0.25) is 4.79 Å². The van der Waals surface area contributed by atoms with E-state index in [2.05, 4.69) is 17.4 Å². The summed E-state index contributed by atoms with van der Waals surface area (Å²) in [6.45, 7) is 2.13. The number of hydrogen-bond acceptors (Lipinski definition) is 4. The van der Waals surface area contributed by atoms with Crippen molar-refractivity contribution in [1.82, 2.24) is 0 Å². The zero-order valence-corrected chi connectivity index (χ0v) is 14.4. The van der Waals surface area contributed by atoms with Crippen LogP contribution in [0.3, 0.4) is 0 Å². The summed E-state index contributed by atoms with van der Waals surface area (Å²) in [5.41, 5.74) is 4.03. The number of fused-ring (bicyclic) bond motifs is 3. The first-order valence-corrected chi connectivity index (χ1v) is 9.22. The molecule has 2 aromatic rings. The third kappa shape index (κ3) is 2.63. The molecular weight excluding hydrogens is 322 g/mol. The lowest BCUT2D eigenvalue weighted by Gasteiger charge is -2.16. The minimum Gasteiger partial charge on any atom is -0.462 e. The molecule has 0 aliphatic heterocycles. The Balaban J connectivity index is 1.80. The van der Waals surface area contributed by atoms with Crippen LogP contribution >= 0.6 is 11.3 Å². The first-order valence-electron chi connectivity index (χ1n) is 8.41. The average Bonchev–Trinajstić information content (AvgIpc) is 3.36. The van der Waals surface area contributed by atoms with E-state index < -0.39 is 0 Å². The highest BCUT2D eigenvalue weighted by atomic mass is 32.1. The number of ether oxygens (including phenoxy) is 1. The van der Waals surface area contributed by atoms with E-state index in [4.69, 9.17) is 4.74 Å². The Kier molecular flexibility index (Phi) is 3.88. The number of amides is 1. The van der Waals surface area contributed by atoms with Gasteiger partial charge in [0.2, 0.25) is 5.91 Å². The lowest BCUT2D eigenvalue weighted by molar-refractivity contribution is -0.117. The average molecular weight is 341 g/mol. The minimum atomic E-state index is -0.333. The molecule has 1 saturated carbocycles. The summed E-state index contributed by atoms with van der Waals surface area (Å²) < 4.78 is 5.26. The van der Waals surface area contributed by atoms with Crippen LogP contribution in [0.5, 0.6) is 0 Å². The van der Waals surface area contributed by atoms with Crippen LogP contribution in [0, 0.1) is 5.92 Å². The van der Waals surface area contributed by atoms with Crippen LogP contribution in [0.4, 0.5) is 5.00 Å². The van der Waals surface area contributed by atoms with Crippen LogP contribution in [0.25, 0.3) is 10.4 Å². The molecule has 4 nitrogen and oxygen atoms in total. The first kappa shape index (κ1) is 15.4. The summed E-state index contributed by atoms with van der Waals surface area (Å²) in [5, 5.41) is 3.62. The molecule has 5 heteroatoms. The second kappa shape index (κ2) is 6.06. The Hall–Kier alpha value is -2.14. The van der Waals surface area contributed by atoms with Crippen molar-refractivity contribution in [1.29, 1.82) is 0 Å². The molecule has 1 aromatic carbocycles. The van der Waals surface area contributed by atoms with Gasteiger partial charge >= 0.3 is 5.97 Å². The minimum absolute atomic E-state index is 0.0208. The molecule has 4 rings (SSSR count). The van der Waals surface area contributed by atoms with Crippen LogP contribution in [0.2, 0.25) is 0 Å². The predicted molar refractivity (Wildman–Crippen MR) is 94.5 cm³/mol.